The summed E-state index contributed by atoms with van der Waals surface area (Å²) in [4.78, 5) is 10.6. The maximum Gasteiger partial charge on any atom is 0.310 e. The van der Waals surface area contributed by atoms with Crippen molar-refractivity contribution in [2.24, 2.45) is 11.1 Å². The summed E-state index contributed by atoms with van der Waals surface area (Å²) >= 11 is 0. The van der Waals surface area contributed by atoms with E-state index in [1.807, 2.05) is 20.8 Å². The van der Waals surface area contributed by atoms with Crippen LogP contribution >= 0.6 is 0 Å². The van der Waals surface area contributed by atoms with Gasteiger partial charge in [0.2, 0.25) is 0 Å². The number of carbonyl (C=O) groups excluding carboxylic acids is 1. The first-order chi connectivity index (χ1) is 9.40. The van der Waals surface area contributed by atoms with Crippen molar-refractivity contribution in [1.82, 2.24) is 16.0 Å². The SMILES string of the molecule is CCNCCNCCNCCN.COC(=O)C(C)(C)C. The van der Waals surface area contributed by atoms with Crippen LogP contribution in [0.3, 0.4) is 0 Å². The molecule has 0 unspecified atom stereocenters. The van der Waals surface area contributed by atoms with E-state index in [1.54, 1.807) is 0 Å². The van der Waals surface area contributed by atoms with E-state index < -0.39 is 0 Å². The molecular formula is C14H34N4O2. The average Bonchev–Trinajstić information content (AvgIpc) is 2.40. The first-order valence-corrected chi connectivity index (χ1v) is 7.30. The molecule has 6 nitrogen and oxygen atoms in total. The van der Waals surface area contributed by atoms with E-state index in [0.717, 1.165) is 45.8 Å². The predicted molar refractivity (Wildman–Crippen MR) is 84.8 cm³/mol. The molecule has 0 aliphatic heterocycles. The average molecular weight is 290 g/mol. The third-order valence-electron chi connectivity index (χ3n) is 2.33. The van der Waals surface area contributed by atoms with Gasteiger partial charge in [0, 0.05) is 39.3 Å². The van der Waals surface area contributed by atoms with Crippen molar-refractivity contribution in [2.75, 3.05) is 52.9 Å². The maximum absolute atomic E-state index is 10.6. The lowest BCUT2D eigenvalue weighted by Crippen LogP contribution is -2.34. The fourth-order valence-corrected chi connectivity index (χ4v) is 1.19. The molecule has 0 radical (unpaired) electrons. The molecule has 0 aromatic carbocycles. The summed E-state index contributed by atoms with van der Waals surface area (Å²) in [6.45, 7) is 14.4. The summed E-state index contributed by atoms with van der Waals surface area (Å²) in [7, 11) is 1.40. The zero-order chi connectivity index (χ0) is 15.9. The molecule has 0 heterocycles. The Bertz CT molecular complexity index is 208. The molecule has 0 rings (SSSR count). The van der Waals surface area contributed by atoms with Crippen LogP contribution < -0.4 is 21.7 Å². The van der Waals surface area contributed by atoms with Crippen LogP contribution in [0.25, 0.3) is 0 Å². The molecule has 0 aromatic rings. The monoisotopic (exact) mass is 290 g/mol. The van der Waals surface area contributed by atoms with Crippen molar-refractivity contribution in [3.8, 4) is 0 Å². The van der Waals surface area contributed by atoms with Gasteiger partial charge in [0.15, 0.2) is 0 Å². The van der Waals surface area contributed by atoms with Crippen molar-refractivity contribution in [3.63, 3.8) is 0 Å². The molecule has 0 saturated heterocycles. The molecule has 0 spiro atoms. The van der Waals surface area contributed by atoms with E-state index in [9.17, 15) is 4.79 Å². The van der Waals surface area contributed by atoms with Crippen LogP contribution in [0, 0.1) is 5.41 Å². The van der Waals surface area contributed by atoms with Crippen molar-refractivity contribution >= 4 is 5.97 Å². The second kappa shape index (κ2) is 14.7. The summed E-state index contributed by atoms with van der Waals surface area (Å²) < 4.78 is 4.48. The zero-order valence-electron chi connectivity index (χ0n) is 13.8. The molecule has 0 aliphatic carbocycles. The third-order valence-corrected chi connectivity index (χ3v) is 2.33. The Balaban J connectivity index is 0. The summed E-state index contributed by atoms with van der Waals surface area (Å²) in [6, 6.07) is 0. The number of esters is 1. The first kappa shape index (κ1) is 21.6. The molecule has 0 fully saturated rings. The van der Waals surface area contributed by atoms with Crippen molar-refractivity contribution < 1.29 is 9.53 Å². The molecule has 0 aromatic heterocycles. The molecule has 6 heteroatoms. The smallest absolute Gasteiger partial charge is 0.310 e. The normalized spacial score (nSPS) is 10.7. The number of ether oxygens (including phenoxy) is 1. The third kappa shape index (κ3) is 17.3. The van der Waals surface area contributed by atoms with E-state index in [2.05, 4.69) is 27.6 Å². The Morgan fingerprint density at radius 3 is 1.75 bits per heavy atom. The number of nitrogens with two attached hydrogens (primary N) is 1. The quantitative estimate of drug-likeness (QED) is 0.351. The van der Waals surface area contributed by atoms with Gasteiger partial charge < -0.3 is 26.4 Å². The van der Waals surface area contributed by atoms with Crippen molar-refractivity contribution in [2.45, 2.75) is 27.7 Å². The van der Waals surface area contributed by atoms with Gasteiger partial charge in [0.25, 0.3) is 0 Å². The summed E-state index contributed by atoms with van der Waals surface area (Å²) in [5.74, 6) is -0.169. The second-order valence-electron chi connectivity index (χ2n) is 5.38. The van der Waals surface area contributed by atoms with E-state index in [-0.39, 0.29) is 11.4 Å². The van der Waals surface area contributed by atoms with Crippen LogP contribution in [0.15, 0.2) is 0 Å². The Kier molecular flexibility index (Phi) is 15.9. The van der Waals surface area contributed by atoms with E-state index in [0.29, 0.717) is 0 Å². The van der Waals surface area contributed by atoms with Crippen molar-refractivity contribution in [3.05, 3.63) is 0 Å². The van der Waals surface area contributed by atoms with Crippen LogP contribution in [0.1, 0.15) is 27.7 Å². The highest BCUT2D eigenvalue weighted by molar-refractivity contribution is 5.75. The fraction of sp³-hybridized carbons (Fsp3) is 0.929. The number of likely N-dealkylation sites (N-methyl/N-ethyl adjacent to an activating group) is 1. The van der Waals surface area contributed by atoms with Gasteiger partial charge in [0.05, 0.1) is 12.5 Å². The van der Waals surface area contributed by atoms with Crippen LogP contribution in [0.4, 0.5) is 0 Å². The second-order valence-corrected chi connectivity index (χ2v) is 5.38. The number of methoxy groups -OCH3 is 1. The molecule has 0 bridgehead atoms. The molecule has 0 amide bonds. The largest absolute Gasteiger partial charge is 0.469 e. The van der Waals surface area contributed by atoms with Gasteiger partial charge in [-0.05, 0) is 27.3 Å². The molecule has 20 heavy (non-hydrogen) atoms. The highest BCUT2D eigenvalue weighted by atomic mass is 16.5. The summed E-state index contributed by atoms with van der Waals surface area (Å²) in [6.07, 6.45) is 0. The lowest BCUT2D eigenvalue weighted by Gasteiger charge is -2.13. The number of carbonyl (C=O) groups is 1. The van der Waals surface area contributed by atoms with Gasteiger partial charge in [-0.3, -0.25) is 4.79 Å². The maximum atomic E-state index is 10.6. The molecule has 122 valence electrons. The van der Waals surface area contributed by atoms with Crippen molar-refractivity contribution in [1.29, 1.82) is 0 Å². The number of hydrogen-bond acceptors (Lipinski definition) is 6. The Hall–Kier alpha value is -0.690. The topological polar surface area (TPSA) is 88.4 Å². The van der Waals surface area contributed by atoms with Crippen LogP contribution in [0.2, 0.25) is 0 Å². The summed E-state index contributed by atoms with van der Waals surface area (Å²) in [5.41, 5.74) is 4.96. The molecule has 0 aliphatic rings. The minimum absolute atomic E-state index is 0.169. The van der Waals surface area contributed by atoms with Crippen LogP contribution in [0.5, 0.6) is 0 Å². The fourth-order valence-electron chi connectivity index (χ4n) is 1.19. The van der Waals surface area contributed by atoms with Crippen LogP contribution in [-0.4, -0.2) is 58.9 Å². The highest BCUT2D eigenvalue weighted by Crippen LogP contribution is 2.13. The van der Waals surface area contributed by atoms with Gasteiger partial charge in [0.1, 0.15) is 0 Å². The number of hydrogen-bond donors (Lipinski definition) is 4. The number of nitrogens with one attached hydrogen (secondary N) is 3. The first-order valence-electron chi connectivity index (χ1n) is 7.30. The Morgan fingerprint density at radius 2 is 1.45 bits per heavy atom. The van der Waals surface area contributed by atoms with Gasteiger partial charge >= 0.3 is 5.97 Å². The molecular weight excluding hydrogens is 256 g/mol. The van der Waals surface area contributed by atoms with Gasteiger partial charge in [-0.15, -0.1) is 0 Å². The van der Waals surface area contributed by atoms with Crippen LogP contribution in [-0.2, 0) is 9.53 Å². The Labute approximate surface area is 124 Å². The minimum atomic E-state index is -0.352. The lowest BCUT2D eigenvalue weighted by molar-refractivity contribution is -0.149. The van der Waals surface area contributed by atoms with E-state index in [1.165, 1.54) is 7.11 Å². The molecule has 0 atom stereocenters. The van der Waals surface area contributed by atoms with Gasteiger partial charge in [-0.2, -0.15) is 0 Å². The highest BCUT2D eigenvalue weighted by Gasteiger charge is 2.21. The Morgan fingerprint density at radius 1 is 1.00 bits per heavy atom. The zero-order valence-corrected chi connectivity index (χ0v) is 13.8. The lowest BCUT2D eigenvalue weighted by atomic mass is 9.98. The standard InChI is InChI=1S/C8H22N4.C6H12O2/c1-2-10-5-6-12-8-7-11-4-3-9;1-6(2,3)5(7)8-4/h10-12H,2-9H2,1H3;1-4H3. The summed E-state index contributed by atoms with van der Waals surface area (Å²) in [5, 5.41) is 9.78. The number of rotatable bonds is 9. The molecule has 5 N–H and O–H groups in total. The minimum Gasteiger partial charge on any atom is -0.469 e. The molecule has 0 saturated carbocycles. The van der Waals surface area contributed by atoms with Gasteiger partial charge in [-0.25, -0.2) is 0 Å². The van der Waals surface area contributed by atoms with Gasteiger partial charge in [-0.1, -0.05) is 6.92 Å². The van der Waals surface area contributed by atoms with E-state index >= 15 is 0 Å². The predicted octanol–water partition coefficient (Wildman–Crippen LogP) is -0.0607. The van der Waals surface area contributed by atoms with E-state index in [4.69, 9.17) is 5.73 Å².